The smallest absolute Gasteiger partial charge is 0.101 e. The molecule has 2 N–H and O–H groups in total. The number of hydrogen-bond donors (Lipinski definition) is 1. The summed E-state index contributed by atoms with van der Waals surface area (Å²) < 4.78 is 0. The van der Waals surface area contributed by atoms with Gasteiger partial charge >= 0.3 is 0 Å². The van der Waals surface area contributed by atoms with Crippen LogP contribution in [-0.2, 0) is 0 Å². The summed E-state index contributed by atoms with van der Waals surface area (Å²) in [7, 11) is 0. The van der Waals surface area contributed by atoms with E-state index < -0.39 is 0 Å². The van der Waals surface area contributed by atoms with Gasteiger partial charge in [-0.15, -0.1) is 0 Å². The Morgan fingerprint density at radius 1 is 1.07 bits per heavy atom. The molecule has 0 aliphatic carbocycles. The van der Waals surface area contributed by atoms with Gasteiger partial charge in [-0.25, -0.2) is 0 Å². The number of nitrogens with two attached hydrogens (primary N) is 1. The van der Waals surface area contributed by atoms with Crippen molar-refractivity contribution in [1.29, 1.82) is 5.26 Å². The fourth-order valence-corrected chi connectivity index (χ4v) is 1.33. The Bertz CT molecular complexity index is 509. The standard InChI is InChI=1S/C12H9N3/c13-6-9-5-11(8-15-7-9)10-1-3-12(14)4-2-10/h1-5,7-8H,14H2. The van der Waals surface area contributed by atoms with Gasteiger partial charge in [0.05, 0.1) is 5.56 Å². The van der Waals surface area contributed by atoms with Crippen molar-refractivity contribution >= 4 is 5.69 Å². The van der Waals surface area contributed by atoms with Gasteiger partial charge in [0.15, 0.2) is 0 Å². The van der Waals surface area contributed by atoms with Gasteiger partial charge in [-0.3, -0.25) is 4.98 Å². The molecule has 1 heterocycles. The van der Waals surface area contributed by atoms with Gasteiger partial charge in [0.2, 0.25) is 0 Å². The molecule has 72 valence electrons. The molecular formula is C12H9N3. The summed E-state index contributed by atoms with van der Waals surface area (Å²) in [5, 5.41) is 8.74. The Kier molecular flexibility index (Phi) is 2.34. The maximum Gasteiger partial charge on any atom is 0.101 e. The SMILES string of the molecule is N#Cc1cncc(-c2ccc(N)cc2)c1. The first kappa shape index (κ1) is 9.22. The van der Waals surface area contributed by atoms with Gasteiger partial charge in [0.1, 0.15) is 6.07 Å². The Morgan fingerprint density at radius 3 is 2.47 bits per heavy atom. The fraction of sp³-hybridized carbons (Fsp3) is 0. The average molecular weight is 195 g/mol. The Morgan fingerprint density at radius 2 is 1.80 bits per heavy atom. The summed E-state index contributed by atoms with van der Waals surface area (Å²) in [6, 6.07) is 11.3. The molecule has 0 amide bonds. The summed E-state index contributed by atoms with van der Waals surface area (Å²) in [5.41, 5.74) is 8.81. The highest BCUT2D eigenvalue weighted by Crippen LogP contribution is 2.20. The Hall–Kier alpha value is -2.34. The molecular weight excluding hydrogens is 186 g/mol. The summed E-state index contributed by atoms with van der Waals surface area (Å²) >= 11 is 0. The van der Waals surface area contributed by atoms with Crippen LogP contribution in [0, 0.1) is 11.3 Å². The topological polar surface area (TPSA) is 62.7 Å². The molecule has 0 saturated carbocycles. The van der Waals surface area contributed by atoms with Crippen molar-refractivity contribution in [3.05, 3.63) is 48.3 Å². The quantitative estimate of drug-likeness (QED) is 0.709. The van der Waals surface area contributed by atoms with Crippen molar-refractivity contribution in [1.82, 2.24) is 4.98 Å². The second-order valence-corrected chi connectivity index (χ2v) is 3.20. The molecule has 0 aliphatic heterocycles. The first-order valence-corrected chi connectivity index (χ1v) is 4.50. The number of nitriles is 1. The van der Waals surface area contributed by atoms with Gasteiger partial charge in [-0.1, -0.05) is 12.1 Å². The average Bonchev–Trinajstić information content (AvgIpc) is 2.30. The van der Waals surface area contributed by atoms with E-state index in [0.29, 0.717) is 5.56 Å². The van der Waals surface area contributed by atoms with Crippen LogP contribution in [0.3, 0.4) is 0 Å². The lowest BCUT2D eigenvalue weighted by molar-refractivity contribution is 1.30. The van der Waals surface area contributed by atoms with Gasteiger partial charge in [-0.05, 0) is 23.8 Å². The van der Waals surface area contributed by atoms with Gasteiger partial charge in [0, 0.05) is 23.6 Å². The zero-order valence-corrected chi connectivity index (χ0v) is 8.01. The number of nitrogens with zero attached hydrogens (tertiary/aromatic N) is 2. The lowest BCUT2D eigenvalue weighted by atomic mass is 10.1. The molecule has 0 atom stereocenters. The highest BCUT2D eigenvalue weighted by Gasteiger charge is 1.99. The minimum absolute atomic E-state index is 0.560. The van der Waals surface area contributed by atoms with Gasteiger partial charge in [0.25, 0.3) is 0 Å². The number of nitrogen functional groups attached to an aromatic ring is 1. The predicted molar refractivity (Wildman–Crippen MR) is 58.8 cm³/mol. The lowest BCUT2D eigenvalue weighted by Gasteiger charge is -2.01. The van der Waals surface area contributed by atoms with E-state index in [1.807, 2.05) is 24.3 Å². The molecule has 2 aromatic rings. The predicted octanol–water partition coefficient (Wildman–Crippen LogP) is 2.20. The molecule has 0 unspecified atom stereocenters. The molecule has 0 spiro atoms. The first-order valence-electron chi connectivity index (χ1n) is 4.50. The zero-order valence-electron chi connectivity index (χ0n) is 8.01. The molecule has 3 nitrogen and oxygen atoms in total. The Balaban J connectivity index is 2.46. The van der Waals surface area contributed by atoms with E-state index in [-0.39, 0.29) is 0 Å². The van der Waals surface area contributed by atoms with Crippen molar-refractivity contribution in [3.63, 3.8) is 0 Å². The third-order valence-electron chi connectivity index (χ3n) is 2.11. The monoisotopic (exact) mass is 195 g/mol. The fourth-order valence-electron chi connectivity index (χ4n) is 1.33. The summed E-state index contributed by atoms with van der Waals surface area (Å²) in [6.07, 6.45) is 3.27. The van der Waals surface area contributed by atoms with Crippen molar-refractivity contribution in [3.8, 4) is 17.2 Å². The number of rotatable bonds is 1. The third-order valence-corrected chi connectivity index (χ3v) is 2.11. The minimum Gasteiger partial charge on any atom is -0.399 e. The van der Waals surface area contributed by atoms with Crippen molar-refractivity contribution < 1.29 is 0 Å². The van der Waals surface area contributed by atoms with E-state index in [0.717, 1.165) is 16.8 Å². The van der Waals surface area contributed by atoms with Crippen molar-refractivity contribution in [2.45, 2.75) is 0 Å². The number of benzene rings is 1. The van der Waals surface area contributed by atoms with Crippen LogP contribution < -0.4 is 5.73 Å². The van der Waals surface area contributed by atoms with Crippen LogP contribution in [0.5, 0.6) is 0 Å². The lowest BCUT2D eigenvalue weighted by Crippen LogP contribution is -1.85. The number of anilines is 1. The zero-order chi connectivity index (χ0) is 10.7. The van der Waals surface area contributed by atoms with E-state index in [4.69, 9.17) is 11.0 Å². The molecule has 15 heavy (non-hydrogen) atoms. The van der Waals surface area contributed by atoms with Crippen LogP contribution in [-0.4, -0.2) is 4.98 Å². The van der Waals surface area contributed by atoms with E-state index >= 15 is 0 Å². The second-order valence-electron chi connectivity index (χ2n) is 3.20. The summed E-state index contributed by atoms with van der Waals surface area (Å²) in [5.74, 6) is 0. The van der Waals surface area contributed by atoms with E-state index in [1.54, 1.807) is 18.5 Å². The van der Waals surface area contributed by atoms with Crippen LogP contribution in [0.1, 0.15) is 5.56 Å². The highest BCUT2D eigenvalue weighted by molar-refractivity contribution is 5.65. The maximum atomic E-state index is 8.74. The number of aromatic nitrogens is 1. The first-order chi connectivity index (χ1) is 7.29. The molecule has 0 radical (unpaired) electrons. The van der Waals surface area contributed by atoms with Gasteiger partial charge < -0.3 is 5.73 Å². The summed E-state index contributed by atoms with van der Waals surface area (Å²) in [6.45, 7) is 0. The van der Waals surface area contributed by atoms with E-state index in [9.17, 15) is 0 Å². The van der Waals surface area contributed by atoms with Crippen LogP contribution in [0.25, 0.3) is 11.1 Å². The highest BCUT2D eigenvalue weighted by atomic mass is 14.6. The molecule has 0 fully saturated rings. The summed E-state index contributed by atoms with van der Waals surface area (Å²) in [4.78, 5) is 4.00. The molecule has 0 bridgehead atoms. The van der Waals surface area contributed by atoms with Crippen LogP contribution in [0.4, 0.5) is 5.69 Å². The third kappa shape index (κ3) is 1.94. The maximum absolute atomic E-state index is 8.74. The molecule has 1 aromatic carbocycles. The van der Waals surface area contributed by atoms with Crippen LogP contribution in [0.15, 0.2) is 42.7 Å². The van der Waals surface area contributed by atoms with Crippen LogP contribution in [0.2, 0.25) is 0 Å². The molecule has 3 heteroatoms. The van der Waals surface area contributed by atoms with E-state index in [2.05, 4.69) is 11.1 Å². The van der Waals surface area contributed by atoms with Crippen LogP contribution >= 0.6 is 0 Å². The van der Waals surface area contributed by atoms with E-state index in [1.165, 1.54) is 0 Å². The number of pyridine rings is 1. The molecule has 1 aromatic heterocycles. The van der Waals surface area contributed by atoms with Crippen molar-refractivity contribution in [2.75, 3.05) is 5.73 Å². The van der Waals surface area contributed by atoms with Gasteiger partial charge in [-0.2, -0.15) is 5.26 Å². The second kappa shape index (κ2) is 3.81. The normalized spacial score (nSPS) is 9.53. The molecule has 2 rings (SSSR count). The molecule has 0 saturated heterocycles. The van der Waals surface area contributed by atoms with Crippen molar-refractivity contribution in [2.24, 2.45) is 0 Å². The molecule has 0 aliphatic rings. The largest absolute Gasteiger partial charge is 0.399 e. The minimum atomic E-state index is 0.560. The number of hydrogen-bond acceptors (Lipinski definition) is 3. The Labute approximate surface area is 87.8 Å².